The van der Waals surface area contributed by atoms with Gasteiger partial charge in [-0.1, -0.05) is 19.8 Å². The van der Waals surface area contributed by atoms with Crippen LogP contribution < -0.4 is 26.6 Å². The first-order valence-corrected chi connectivity index (χ1v) is 40.8. The molecule has 0 aliphatic carbocycles. The molecule has 0 aromatic carbocycles. The summed E-state index contributed by atoms with van der Waals surface area (Å²) in [6, 6.07) is -3.14. The van der Waals surface area contributed by atoms with Crippen molar-refractivity contribution in [2.24, 2.45) is 5.92 Å². The fraction of sp³-hybridized carbons (Fsp3) is 0.863. The number of unbranched alkanes of at least 4 members (excludes halogenated alkanes) is 7. The lowest BCUT2D eigenvalue weighted by Crippen LogP contribution is -2.64. The summed E-state index contributed by atoms with van der Waals surface area (Å²) in [5, 5.41) is 114. The number of likely N-dealkylation sites (tertiary alicyclic amines) is 1. The van der Waals surface area contributed by atoms with Crippen LogP contribution in [0.3, 0.4) is 0 Å². The molecule has 4 aliphatic heterocycles. The van der Waals surface area contributed by atoms with Crippen LogP contribution in [0.1, 0.15) is 181 Å². The van der Waals surface area contributed by atoms with Gasteiger partial charge >= 0.3 is 7.82 Å². The average Bonchev–Trinajstić information content (AvgIpc) is 1.40. The molecule has 8 unspecified atom stereocenters. The van der Waals surface area contributed by atoms with Gasteiger partial charge in [0.1, 0.15) is 96.0 Å². The first kappa shape index (κ1) is 100. The van der Waals surface area contributed by atoms with E-state index in [1.165, 1.54) is 13.8 Å². The van der Waals surface area contributed by atoms with Gasteiger partial charge in [-0.3, -0.25) is 57.0 Å². The van der Waals surface area contributed by atoms with Gasteiger partial charge in [0.25, 0.3) is 0 Å². The molecule has 6 amide bonds. The number of aliphatic hydroxyl groups is 10. The highest BCUT2D eigenvalue weighted by molar-refractivity contribution is 7.47. The quantitative estimate of drug-likeness (QED) is 0.0170. The second-order valence-electron chi connectivity index (χ2n) is 29.2. The molecule has 40 heteroatoms. The molecule has 0 aromatic rings. The Labute approximate surface area is 659 Å². The molecule has 4 saturated heterocycles. The molecule has 4 aliphatic rings. The first-order valence-electron chi connectivity index (χ1n) is 39.3. The lowest BCUT2D eigenvalue weighted by atomic mass is 9.92. The number of β-amino-alcohol motifs (C(OH)–C–C–N with tert-alkyl or cyclic N) is 1. The molecule has 0 radical (unpaired) electrons. The Balaban J connectivity index is 1.32. The van der Waals surface area contributed by atoms with Crippen molar-refractivity contribution in [2.45, 2.75) is 285 Å². The Morgan fingerprint density at radius 1 is 0.469 bits per heavy atom. The van der Waals surface area contributed by atoms with Crippen LogP contribution in [-0.4, -0.2) is 336 Å². The third-order valence-corrected chi connectivity index (χ3v) is 20.5. The molecule has 16 N–H and O–H groups in total. The predicted molar refractivity (Wildman–Crippen MR) is 395 cm³/mol. The van der Waals surface area contributed by atoms with Crippen molar-refractivity contribution in [3.05, 3.63) is 0 Å². The molecule has 4 fully saturated rings. The van der Waals surface area contributed by atoms with Crippen molar-refractivity contribution >= 4 is 66.4 Å². The van der Waals surface area contributed by atoms with Crippen molar-refractivity contribution in [3.8, 4) is 0 Å². The number of amides is 6. The Bertz CT molecular complexity index is 2810. The topological polar surface area (TPSA) is 575 Å². The van der Waals surface area contributed by atoms with Crippen LogP contribution in [0.2, 0.25) is 0 Å². The summed E-state index contributed by atoms with van der Waals surface area (Å²) in [5.74, 6) is -4.27. The van der Waals surface area contributed by atoms with Gasteiger partial charge in [-0.15, -0.1) is 0 Å². The highest BCUT2D eigenvalue weighted by atomic mass is 31.2. The molecule has 4 rings (SSSR count). The van der Waals surface area contributed by atoms with Crippen molar-refractivity contribution in [3.63, 3.8) is 0 Å². The highest BCUT2D eigenvalue weighted by Gasteiger charge is 2.48. The molecule has 0 aromatic heterocycles. The van der Waals surface area contributed by atoms with Crippen molar-refractivity contribution < 1.29 is 160 Å². The fourth-order valence-electron chi connectivity index (χ4n) is 13.1. The highest BCUT2D eigenvalue weighted by Crippen LogP contribution is 2.43. The summed E-state index contributed by atoms with van der Waals surface area (Å²) in [6.07, 6.45) is -9.31. The molecule has 0 bridgehead atoms. The van der Waals surface area contributed by atoms with Crippen LogP contribution in [0.4, 0.5) is 0 Å². The fourth-order valence-corrected chi connectivity index (χ4v) is 13.5. The molecule has 4 heterocycles. The third-order valence-electron chi connectivity index (χ3n) is 19.6. The zero-order valence-corrected chi connectivity index (χ0v) is 66.5. The maximum Gasteiger partial charge on any atom is 0.471 e. The Kier molecular flexibility index (Phi) is 48.6. The Hall–Kier alpha value is -5.15. The monoisotopic (exact) mass is 1650 g/mol. The number of ketones is 4. The number of hydrogen-bond acceptors (Lipinski definition) is 32. The summed E-state index contributed by atoms with van der Waals surface area (Å²) < 4.78 is 73.7. The molecule has 39 nitrogen and oxygen atoms in total. The number of hydrogen-bond donors (Lipinski definition) is 16. The summed E-state index contributed by atoms with van der Waals surface area (Å²) >= 11 is 0. The van der Waals surface area contributed by atoms with Crippen LogP contribution in [0.15, 0.2) is 0 Å². The maximum atomic E-state index is 14.2. The van der Waals surface area contributed by atoms with Crippen molar-refractivity contribution in [1.82, 2.24) is 31.5 Å². The molecule has 19 atom stereocenters. The van der Waals surface area contributed by atoms with Crippen LogP contribution in [0, 0.1) is 5.92 Å². The number of rotatable bonds is 61. The average molecular weight is 1650 g/mol. The molecule has 0 saturated carbocycles. The van der Waals surface area contributed by atoms with Crippen LogP contribution in [0.25, 0.3) is 0 Å². The van der Waals surface area contributed by atoms with Gasteiger partial charge in [0.05, 0.1) is 84.3 Å². The zero-order chi connectivity index (χ0) is 83.5. The van der Waals surface area contributed by atoms with E-state index in [0.29, 0.717) is 96.3 Å². The Morgan fingerprint density at radius 3 is 1.27 bits per heavy atom. The first-order chi connectivity index (χ1) is 53.9. The maximum absolute atomic E-state index is 14.2. The van der Waals surface area contributed by atoms with Gasteiger partial charge in [0.15, 0.2) is 18.9 Å². The second kappa shape index (κ2) is 54.8. The van der Waals surface area contributed by atoms with Crippen LogP contribution in [-0.2, 0) is 104 Å². The largest absolute Gasteiger partial charge is 0.471 e. The molecular weight excluding hydrogens is 1520 g/mol. The van der Waals surface area contributed by atoms with E-state index >= 15 is 0 Å². The number of aliphatic hydroxyl groups excluding tert-OH is 10. The van der Waals surface area contributed by atoms with Crippen LogP contribution >= 0.6 is 7.82 Å². The normalized spacial score (nSPS) is 26.9. The summed E-state index contributed by atoms with van der Waals surface area (Å²) in [7, 11) is -3.57. The zero-order valence-electron chi connectivity index (χ0n) is 65.6. The predicted octanol–water partition coefficient (Wildman–Crippen LogP) is -2.50. The van der Waals surface area contributed by atoms with Crippen molar-refractivity contribution in [1.29, 1.82) is 0 Å². The number of nitrogens with one attached hydrogen (secondary N) is 5. The van der Waals surface area contributed by atoms with E-state index in [0.717, 1.165) is 12.0 Å². The van der Waals surface area contributed by atoms with Gasteiger partial charge in [0, 0.05) is 131 Å². The lowest BCUT2D eigenvalue weighted by molar-refractivity contribution is -0.282. The van der Waals surface area contributed by atoms with Gasteiger partial charge in [-0.2, -0.15) is 0 Å². The van der Waals surface area contributed by atoms with E-state index in [1.54, 1.807) is 6.92 Å². The van der Waals surface area contributed by atoms with E-state index in [4.69, 9.17) is 47.2 Å². The van der Waals surface area contributed by atoms with E-state index in [-0.39, 0.29) is 146 Å². The summed E-state index contributed by atoms with van der Waals surface area (Å²) in [6.45, 7) is 0.597. The minimum atomic E-state index is -4.51. The smallest absolute Gasteiger partial charge is 0.394 e. The van der Waals surface area contributed by atoms with E-state index < -0.39 is 200 Å². The molecule has 0 spiro atoms. The standard InChI is InChI=1S/C73H127N6O33P/c1-46-64(94)65(95)55(39-80)110-70(46)106-30-14-11-22-50(85)18-7-5-9-20-52(87)25-33-103-43-73(78-60(92)37-61(93)79-38-54(89)36-49(79)42-109-113(100,101)102-4,44-104-34-26-53(88)21-10-6-8-19-51(86)23-12-15-31-107-71-62(76-47(2)83)68(98)66(96)56(40-81)111-71)45-105-35-27-59(91)75-29-17-28-74-58(90)24-13-16-32-108-72-63(77-48(3)84)69(99)67(97)57(41-82)112-72/h46,49,54-57,62-72,80-82,89,94-99H,5-45H2,1-4H3,(H,74,90)(H,75,91)(H,76,83)(H,77,84)(H,78,92)(H,100,101)/t46?,49-,54+,55?,56?,57?,62?,63?,64+,65-,66-,67-,68+,69+,70+,71+,72+,73?/m0/s1. The summed E-state index contributed by atoms with van der Waals surface area (Å²) in [5.41, 5.74) is -1.67. The number of phosphoric acid groups is 1. The summed E-state index contributed by atoms with van der Waals surface area (Å²) in [4.78, 5) is 140. The van der Waals surface area contributed by atoms with E-state index in [9.17, 15) is 108 Å². The minimum Gasteiger partial charge on any atom is -0.394 e. The van der Waals surface area contributed by atoms with Gasteiger partial charge in [-0.05, 0) is 77.0 Å². The number of phosphoric ester groups is 1. The molecule has 113 heavy (non-hydrogen) atoms. The number of nitrogens with zero attached hydrogens (tertiary/aromatic N) is 1. The SMILES string of the molecule is COP(=O)(O)OC[C@@H]1C[C@@H](O)CN1C(=O)CC(=O)NC(COCCC(=O)CCCCCC(=O)CCCCO[C@@H]1OC(CO)[C@H](O)[C@H](O)C1C)(COCCC(=O)CCCCCC(=O)CCCCO[C@@H]1OC(CO)[C@H](O)[C@H](O)C1NC(C)=O)COCCC(=O)NCCCNC(=O)CCCCO[C@@H]1OC(CO)[C@H](O)[C@H](O)C1NC(C)=O. The molecular formula is C73H127N6O33P. The third kappa shape index (κ3) is 38.4. The number of carbonyl (C=O) groups excluding carboxylic acids is 10. The lowest BCUT2D eigenvalue weighted by Gasteiger charge is -2.42. The number of carbonyl (C=O) groups is 10. The second-order valence-corrected chi connectivity index (χ2v) is 30.8. The van der Waals surface area contributed by atoms with E-state index in [1.807, 2.05) is 0 Å². The van der Waals surface area contributed by atoms with E-state index in [2.05, 4.69) is 31.1 Å². The minimum absolute atomic E-state index is 0.00851. The Morgan fingerprint density at radius 2 is 0.850 bits per heavy atom. The number of Topliss-reactive ketones (excluding diaryl/α,β-unsaturated/α-hetero) is 4. The van der Waals surface area contributed by atoms with Gasteiger partial charge in [0.2, 0.25) is 35.4 Å². The molecule has 652 valence electrons. The van der Waals surface area contributed by atoms with Gasteiger partial charge < -0.3 is 130 Å². The van der Waals surface area contributed by atoms with Crippen LogP contribution in [0.5, 0.6) is 0 Å². The number of ether oxygens (including phenoxy) is 9. The van der Waals surface area contributed by atoms with Gasteiger partial charge in [-0.25, -0.2) is 4.57 Å². The van der Waals surface area contributed by atoms with Crippen molar-refractivity contribution in [2.75, 3.05) is 113 Å².